The molecule has 1 aromatic carbocycles. The molecule has 0 bridgehead atoms. The van der Waals surface area contributed by atoms with Crippen molar-refractivity contribution in [1.29, 1.82) is 0 Å². The highest BCUT2D eigenvalue weighted by Gasteiger charge is 2.31. The van der Waals surface area contributed by atoms with Gasteiger partial charge in [-0.25, -0.2) is 10.4 Å². The van der Waals surface area contributed by atoms with E-state index in [1.165, 1.54) is 0 Å². The number of hydrogen-bond acceptors (Lipinski definition) is 8. The maximum Gasteiger partial charge on any atom is 0.243 e. The summed E-state index contributed by atoms with van der Waals surface area (Å²) < 4.78 is 16.3. The first-order valence-electron chi connectivity index (χ1n) is 10.8. The fourth-order valence-electron chi connectivity index (χ4n) is 3.17. The Morgan fingerprint density at radius 1 is 1.00 bits per heavy atom. The van der Waals surface area contributed by atoms with Crippen molar-refractivity contribution in [2.45, 2.75) is 18.6 Å². The van der Waals surface area contributed by atoms with Gasteiger partial charge in [0, 0.05) is 41.8 Å². The van der Waals surface area contributed by atoms with Crippen LogP contribution in [0, 0.1) is 0 Å². The van der Waals surface area contributed by atoms with Gasteiger partial charge in [-0.3, -0.25) is 23.4 Å². The molecule has 0 aromatic heterocycles. The molecule has 1 aromatic rings. The number of nitrogens with one attached hydrogen (secondary N) is 4. The highest BCUT2D eigenvalue weighted by atomic mass is 32.2. The lowest BCUT2D eigenvalue weighted by Crippen LogP contribution is -2.53. The van der Waals surface area contributed by atoms with Gasteiger partial charge < -0.3 is 20.7 Å². The summed E-state index contributed by atoms with van der Waals surface area (Å²) in [6.45, 7) is 1.07. The number of hydrogen-bond donors (Lipinski definition) is 4. The van der Waals surface area contributed by atoms with E-state index in [1.807, 2.05) is 35.3 Å². The van der Waals surface area contributed by atoms with Crippen LogP contribution in [-0.4, -0.2) is 95.7 Å². The minimum absolute atomic E-state index is 0.0147. The van der Waals surface area contributed by atoms with E-state index in [9.17, 15) is 23.4 Å². The summed E-state index contributed by atoms with van der Waals surface area (Å²) in [4.78, 5) is 48.8. The van der Waals surface area contributed by atoms with E-state index < -0.39 is 34.8 Å². The lowest BCUT2D eigenvalue weighted by molar-refractivity contribution is -0.130. The maximum atomic E-state index is 12.6. The summed E-state index contributed by atoms with van der Waals surface area (Å²) in [5.74, 6) is -0.493. The summed E-state index contributed by atoms with van der Waals surface area (Å²) >= 11 is 0. The molecule has 4 N–H and O–H groups in total. The van der Waals surface area contributed by atoms with E-state index in [0.717, 1.165) is 5.56 Å². The highest BCUT2D eigenvalue weighted by molar-refractivity contribution is 7.85. The Labute approximate surface area is 194 Å². The minimum Gasteiger partial charge on any atom is -0.365 e. The molecule has 0 radical (unpaired) electrons. The quantitative estimate of drug-likeness (QED) is 0.240. The largest absolute Gasteiger partial charge is 0.365 e. The number of benzene rings is 1. The summed E-state index contributed by atoms with van der Waals surface area (Å²) in [6.07, 6.45) is -0.221. The Balaban J connectivity index is 1.44. The number of rotatable bonds is 12. The third kappa shape index (κ3) is 9.00. The van der Waals surface area contributed by atoms with Crippen molar-refractivity contribution in [1.82, 2.24) is 26.4 Å². The van der Waals surface area contributed by atoms with Crippen molar-refractivity contribution < 1.29 is 28.1 Å². The van der Waals surface area contributed by atoms with Crippen LogP contribution >= 0.6 is 0 Å². The number of ketones is 1. The van der Waals surface area contributed by atoms with E-state index in [4.69, 9.17) is 4.74 Å². The molecule has 0 spiro atoms. The lowest BCUT2D eigenvalue weighted by atomic mass is 10.1. The van der Waals surface area contributed by atoms with Crippen molar-refractivity contribution in [3.05, 3.63) is 35.9 Å². The van der Waals surface area contributed by atoms with Crippen molar-refractivity contribution in [2.75, 3.05) is 50.8 Å². The minimum atomic E-state index is -0.905. The van der Waals surface area contributed by atoms with Crippen LogP contribution in [0.1, 0.15) is 5.56 Å². The third-order valence-electron chi connectivity index (χ3n) is 5.15. The van der Waals surface area contributed by atoms with Crippen LogP contribution in [0.5, 0.6) is 0 Å². The first kappa shape index (κ1) is 25.0. The normalized spacial score (nSPS) is 19.3. The van der Waals surface area contributed by atoms with Crippen LogP contribution in [0.2, 0.25) is 0 Å². The maximum absolute atomic E-state index is 12.6. The summed E-state index contributed by atoms with van der Waals surface area (Å²) in [5.41, 5.74) is 3.79. The Morgan fingerprint density at radius 2 is 1.70 bits per heavy atom. The first-order chi connectivity index (χ1) is 15.9. The number of carbonyl (C=O) groups excluding carboxylic acids is 4. The highest BCUT2D eigenvalue weighted by Crippen LogP contribution is 2.09. The predicted octanol–water partition coefficient (Wildman–Crippen LogP) is -2.52. The number of hydrazine groups is 1. The van der Waals surface area contributed by atoms with E-state index in [0.29, 0.717) is 31.2 Å². The van der Waals surface area contributed by atoms with E-state index in [2.05, 4.69) is 21.4 Å². The molecule has 0 unspecified atom stereocenters. The van der Waals surface area contributed by atoms with Gasteiger partial charge in [0.1, 0.15) is 12.1 Å². The molecule has 3 amide bonds. The lowest BCUT2D eigenvalue weighted by Gasteiger charge is -2.26. The van der Waals surface area contributed by atoms with E-state index >= 15 is 0 Å². The van der Waals surface area contributed by atoms with Gasteiger partial charge in [0.15, 0.2) is 5.78 Å². The molecular weight excluding hydrogens is 450 g/mol. The molecule has 180 valence electrons. The van der Waals surface area contributed by atoms with Gasteiger partial charge in [0.05, 0.1) is 26.2 Å². The molecule has 12 heteroatoms. The number of epoxide rings is 1. The number of nitrogens with zero attached hydrogens (tertiary/aromatic N) is 1. The second kappa shape index (κ2) is 12.5. The van der Waals surface area contributed by atoms with Gasteiger partial charge in [-0.05, 0) is 5.56 Å². The van der Waals surface area contributed by atoms with Gasteiger partial charge in [-0.15, -0.1) is 0 Å². The van der Waals surface area contributed by atoms with Gasteiger partial charge in [-0.1, -0.05) is 30.3 Å². The number of Topliss-reactive ketones (excluding diaryl/α,β-unsaturated/α-hetero) is 1. The van der Waals surface area contributed by atoms with Crippen LogP contribution in [0.3, 0.4) is 0 Å². The van der Waals surface area contributed by atoms with Crippen molar-refractivity contribution in [2.24, 2.45) is 0 Å². The molecule has 11 nitrogen and oxygen atoms in total. The Hall–Kier alpha value is -2.67. The average Bonchev–Trinajstić information content (AvgIpc) is 3.66. The smallest absolute Gasteiger partial charge is 0.243 e. The fraction of sp³-hybridized carbons (Fsp3) is 0.524. The Morgan fingerprint density at radius 3 is 2.36 bits per heavy atom. The molecule has 2 heterocycles. The first-order valence-corrected chi connectivity index (χ1v) is 12.2. The zero-order valence-corrected chi connectivity index (χ0v) is 19.0. The number of amides is 3. The zero-order chi connectivity index (χ0) is 23.6. The van der Waals surface area contributed by atoms with Crippen LogP contribution in [0.4, 0.5) is 0 Å². The summed E-state index contributed by atoms with van der Waals surface area (Å²) in [6, 6.07) is 8.26. The molecule has 2 saturated heterocycles. The molecule has 2 atom stereocenters. The number of carbonyl (C=O) groups is 4. The number of ether oxygens (including phenoxy) is 1. The van der Waals surface area contributed by atoms with Crippen molar-refractivity contribution in [3.63, 3.8) is 0 Å². The SMILES string of the molecule is O=C(CNN1CCS(=O)CC1)NCC(=O)N[C@@H](Cc1ccccc1)C(=O)NCC(=O)[C@H]1CO1. The van der Waals surface area contributed by atoms with E-state index in [1.54, 1.807) is 0 Å². The molecule has 33 heavy (non-hydrogen) atoms. The molecule has 3 rings (SSSR count). The molecule has 2 aliphatic rings. The topological polar surface area (TPSA) is 149 Å². The van der Waals surface area contributed by atoms with Gasteiger partial charge in [0.2, 0.25) is 17.7 Å². The standard InChI is InChI=1S/C21H29N5O6S/c27-17(18-14-32-18)11-23-21(30)16(10-15-4-2-1-3-5-15)25-20(29)12-22-19(28)13-24-26-6-8-33(31)9-7-26/h1-5,16,18,24H,6-14H2,(H,22,28)(H,23,30)(H,25,29)/t16-,18+/m0/s1. The second-order valence-corrected chi connectivity index (χ2v) is 9.46. The average molecular weight is 480 g/mol. The van der Waals surface area contributed by atoms with Crippen LogP contribution < -0.4 is 21.4 Å². The third-order valence-corrected chi connectivity index (χ3v) is 6.43. The van der Waals surface area contributed by atoms with E-state index in [-0.39, 0.29) is 37.7 Å². The second-order valence-electron chi connectivity index (χ2n) is 7.76. The summed E-state index contributed by atoms with van der Waals surface area (Å²) in [7, 11) is -0.806. The predicted molar refractivity (Wildman–Crippen MR) is 120 cm³/mol. The fourth-order valence-corrected chi connectivity index (χ4v) is 4.22. The molecule has 2 aliphatic heterocycles. The molecule has 2 fully saturated rings. The van der Waals surface area contributed by atoms with Gasteiger partial charge in [0.25, 0.3) is 0 Å². The summed E-state index contributed by atoms with van der Waals surface area (Å²) in [5, 5.41) is 9.51. The van der Waals surface area contributed by atoms with Gasteiger partial charge in [-0.2, -0.15) is 0 Å². The van der Waals surface area contributed by atoms with Crippen LogP contribution in [0.25, 0.3) is 0 Å². The van der Waals surface area contributed by atoms with Crippen LogP contribution in [-0.2, 0) is 41.1 Å². The van der Waals surface area contributed by atoms with Crippen molar-refractivity contribution in [3.8, 4) is 0 Å². The zero-order valence-electron chi connectivity index (χ0n) is 18.2. The molecule has 0 saturated carbocycles. The van der Waals surface area contributed by atoms with Crippen LogP contribution in [0.15, 0.2) is 30.3 Å². The Bertz CT molecular complexity index is 869. The monoisotopic (exact) mass is 479 g/mol. The molecule has 0 aliphatic carbocycles. The van der Waals surface area contributed by atoms with Gasteiger partial charge >= 0.3 is 0 Å². The Kier molecular flexibility index (Phi) is 9.48. The van der Waals surface area contributed by atoms with Crippen molar-refractivity contribution >= 4 is 34.3 Å². The molecular formula is C21H29N5O6S.